The van der Waals surface area contributed by atoms with Gasteiger partial charge in [0.15, 0.2) is 12.6 Å². The third-order valence-corrected chi connectivity index (χ3v) is 18.0. The predicted octanol–water partition coefficient (Wildman–Crippen LogP) is 15.5. The average molecular weight is 1250 g/mol. The van der Waals surface area contributed by atoms with Crippen LogP contribution >= 0.6 is 0 Å². The minimum atomic E-state index is -1.79. The first-order chi connectivity index (χ1) is 43.1. The van der Waals surface area contributed by atoms with Crippen molar-refractivity contribution < 1.29 is 64.6 Å². The maximum Gasteiger partial charge on any atom is 0.220 e. The lowest BCUT2D eigenvalue weighted by atomic mass is 9.97. The Morgan fingerprint density at radius 2 is 0.761 bits per heavy atom. The van der Waals surface area contributed by atoms with Gasteiger partial charge in [-0.25, -0.2) is 0 Å². The van der Waals surface area contributed by atoms with Gasteiger partial charge in [-0.3, -0.25) is 4.79 Å². The fraction of sp³-hybridized carbons (Fsp3) is 0.878. The van der Waals surface area contributed by atoms with E-state index in [2.05, 4.69) is 55.6 Å². The Bertz CT molecular complexity index is 1660. The summed E-state index contributed by atoms with van der Waals surface area (Å²) in [5.41, 5.74) is 0. The molecule has 0 aliphatic carbocycles. The highest BCUT2D eigenvalue weighted by Gasteiger charge is 2.51. The summed E-state index contributed by atoms with van der Waals surface area (Å²) in [6.07, 6.45) is 60.4. The molecule has 0 spiro atoms. The fourth-order valence-electron chi connectivity index (χ4n) is 12.1. The number of carbonyl (C=O) groups is 1. The monoisotopic (exact) mass is 1250 g/mol. The van der Waals surface area contributed by atoms with E-state index in [1.54, 1.807) is 6.08 Å². The molecule has 0 aromatic heterocycles. The topological polar surface area (TPSA) is 228 Å². The van der Waals surface area contributed by atoms with E-state index >= 15 is 0 Å². The smallest absolute Gasteiger partial charge is 0.220 e. The molecule has 1 amide bonds. The zero-order valence-corrected chi connectivity index (χ0v) is 56.2. The number of aliphatic hydroxyl groups excluding tert-OH is 8. The summed E-state index contributed by atoms with van der Waals surface area (Å²) in [5, 5.41) is 87.5. The van der Waals surface area contributed by atoms with Crippen LogP contribution in [-0.2, 0) is 23.7 Å². The van der Waals surface area contributed by atoms with E-state index in [0.717, 1.165) is 38.5 Å². The molecule has 0 aromatic rings. The Balaban J connectivity index is 1.67. The van der Waals surface area contributed by atoms with E-state index in [9.17, 15) is 45.6 Å². The molecule has 0 radical (unpaired) electrons. The van der Waals surface area contributed by atoms with Crippen molar-refractivity contribution in [2.24, 2.45) is 0 Å². The number of hydrogen-bond donors (Lipinski definition) is 9. The molecule has 14 heteroatoms. The van der Waals surface area contributed by atoms with Crippen molar-refractivity contribution in [3.63, 3.8) is 0 Å². The van der Waals surface area contributed by atoms with Crippen LogP contribution in [0.1, 0.15) is 322 Å². The van der Waals surface area contributed by atoms with Crippen molar-refractivity contribution in [2.45, 2.75) is 396 Å². The van der Waals surface area contributed by atoms with Crippen LogP contribution < -0.4 is 5.32 Å². The number of allylic oxidation sites excluding steroid dienone is 7. The highest BCUT2D eigenvalue weighted by atomic mass is 16.7. The highest BCUT2D eigenvalue weighted by Crippen LogP contribution is 2.30. The molecule has 12 unspecified atom stereocenters. The second-order valence-electron chi connectivity index (χ2n) is 26.1. The Morgan fingerprint density at radius 3 is 1.18 bits per heavy atom. The number of hydrogen-bond acceptors (Lipinski definition) is 13. The fourth-order valence-corrected chi connectivity index (χ4v) is 12.1. The summed E-state index contributed by atoms with van der Waals surface area (Å²) in [7, 11) is 0. The van der Waals surface area contributed by atoms with E-state index in [-0.39, 0.29) is 18.9 Å². The lowest BCUT2D eigenvalue weighted by molar-refractivity contribution is -0.359. The number of aliphatic hydroxyl groups is 8. The van der Waals surface area contributed by atoms with E-state index in [4.69, 9.17) is 18.9 Å². The van der Waals surface area contributed by atoms with Crippen LogP contribution in [0.3, 0.4) is 0 Å². The molecule has 2 rings (SSSR count). The number of amides is 1. The van der Waals surface area contributed by atoms with Crippen LogP contribution in [0.25, 0.3) is 0 Å². The number of carbonyl (C=O) groups excluding carboxylic acids is 1. The van der Waals surface area contributed by atoms with Gasteiger partial charge >= 0.3 is 0 Å². The molecule has 0 saturated carbocycles. The predicted molar refractivity (Wildman–Crippen MR) is 360 cm³/mol. The van der Waals surface area contributed by atoms with Gasteiger partial charge in [-0.15, -0.1) is 0 Å². The molecule has 2 aliphatic rings. The molecular weight excluding hydrogens is 1110 g/mol. The normalized spacial score (nSPS) is 23.4. The average Bonchev–Trinajstić information content (AvgIpc) is 1.78. The Morgan fingerprint density at radius 1 is 0.409 bits per heavy atom. The van der Waals surface area contributed by atoms with Crippen molar-refractivity contribution in [1.29, 1.82) is 0 Å². The zero-order chi connectivity index (χ0) is 63.8. The molecule has 88 heavy (non-hydrogen) atoms. The summed E-state index contributed by atoms with van der Waals surface area (Å²) < 4.78 is 22.9. The number of nitrogens with one attached hydrogen (secondary N) is 1. The minimum Gasteiger partial charge on any atom is -0.394 e. The van der Waals surface area contributed by atoms with Gasteiger partial charge in [-0.05, 0) is 64.2 Å². The van der Waals surface area contributed by atoms with Crippen molar-refractivity contribution in [1.82, 2.24) is 5.32 Å². The van der Waals surface area contributed by atoms with Crippen LogP contribution in [0.5, 0.6) is 0 Å². The molecule has 2 heterocycles. The second-order valence-corrected chi connectivity index (χ2v) is 26.1. The van der Waals surface area contributed by atoms with E-state index in [1.165, 1.54) is 250 Å². The van der Waals surface area contributed by atoms with Crippen LogP contribution in [0.4, 0.5) is 0 Å². The van der Waals surface area contributed by atoms with E-state index < -0.39 is 86.8 Å². The first-order valence-corrected chi connectivity index (χ1v) is 36.9. The largest absolute Gasteiger partial charge is 0.394 e. The number of unbranched alkanes of at least 4 members (excludes halogenated alkanes) is 42. The van der Waals surface area contributed by atoms with Gasteiger partial charge in [0.1, 0.15) is 48.8 Å². The molecular formula is C74H137NO13. The molecule has 516 valence electrons. The van der Waals surface area contributed by atoms with Crippen LogP contribution in [-0.4, -0.2) is 140 Å². The first-order valence-electron chi connectivity index (χ1n) is 36.9. The summed E-state index contributed by atoms with van der Waals surface area (Å²) in [6.45, 7) is 2.81. The van der Waals surface area contributed by atoms with Crippen molar-refractivity contribution in [3.8, 4) is 0 Å². The third-order valence-electron chi connectivity index (χ3n) is 18.0. The van der Waals surface area contributed by atoms with Gasteiger partial charge in [0, 0.05) is 6.42 Å². The van der Waals surface area contributed by atoms with Crippen molar-refractivity contribution in [2.75, 3.05) is 19.8 Å². The Hall–Kier alpha value is -2.05. The highest BCUT2D eigenvalue weighted by molar-refractivity contribution is 5.76. The van der Waals surface area contributed by atoms with Crippen LogP contribution in [0.2, 0.25) is 0 Å². The second kappa shape index (κ2) is 58.7. The number of ether oxygens (including phenoxy) is 4. The van der Waals surface area contributed by atoms with Gasteiger partial charge in [-0.1, -0.05) is 300 Å². The maximum absolute atomic E-state index is 13.3. The molecule has 2 aliphatic heterocycles. The molecule has 0 aromatic carbocycles. The maximum atomic E-state index is 13.3. The minimum absolute atomic E-state index is 0.248. The number of rotatable bonds is 61. The van der Waals surface area contributed by atoms with Crippen LogP contribution in [0, 0.1) is 0 Å². The van der Waals surface area contributed by atoms with Gasteiger partial charge in [0.25, 0.3) is 0 Å². The zero-order valence-electron chi connectivity index (χ0n) is 56.2. The lowest BCUT2D eigenvalue weighted by Crippen LogP contribution is -2.65. The van der Waals surface area contributed by atoms with Crippen molar-refractivity contribution in [3.05, 3.63) is 48.6 Å². The van der Waals surface area contributed by atoms with Gasteiger partial charge in [-0.2, -0.15) is 0 Å². The standard InChI is InChI=1S/C74H137NO13/c1-3-5-7-9-11-13-15-17-19-21-23-25-27-28-29-30-31-32-33-34-36-37-39-41-43-45-47-49-51-53-55-57-63(78)62(61-85-73-71(84)69(82)72(65(60-77)87-73)88-74-70(83)68(81)67(80)64(59-76)86-74)75-66(79)58-56-54-52-50-48-46-44-42-40-38-35-26-24-22-20-18-16-14-12-10-8-6-4-2/h16,18,22,24,47,49,55,57,62-65,67-74,76-78,80-84H,3-15,17,19-21,23,25-46,48,50-54,56,58-61H2,1-2H3,(H,75,79)/b18-16-,24-22-,49-47+,57-55+. The Kier molecular flexibility index (Phi) is 54.8. The summed E-state index contributed by atoms with van der Waals surface area (Å²) in [5.74, 6) is -0.248. The molecule has 0 bridgehead atoms. The molecule has 14 nitrogen and oxygen atoms in total. The molecule has 2 fully saturated rings. The van der Waals surface area contributed by atoms with Gasteiger partial charge < -0.3 is 65.1 Å². The quantitative estimate of drug-likeness (QED) is 0.0204. The van der Waals surface area contributed by atoms with Crippen molar-refractivity contribution >= 4 is 5.91 Å². The first kappa shape index (κ1) is 82.0. The van der Waals surface area contributed by atoms with Gasteiger partial charge in [0.2, 0.25) is 5.91 Å². The summed E-state index contributed by atoms with van der Waals surface area (Å²) in [6, 6.07) is -0.935. The Labute approximate surface area is 537 Å². The van der Waals surface area contributed by atoms with Crippen LogP contribution in [0.15, 0.2) is 48.6 Å². The molecule has 9 N–H and O–H groups in total. The molecule has 2 saturated heterocycles. The third kappa shape index (κ3) is 42.2. The van der Waals surface area contributed by atoms with Gasteiger partial charge in [0.05, 0.1) is 32.0 Å². The lowest BCUT2D eigenvalue weighted by Gasteiger charge is -2.46. The summed E-state index contributed by atoms with van der Waals surface area (Å²) in [4.78, 5) is 13.3. The SMILES string of the molecule is CCCCCCC/C=C\C/C=C\CCCCCCCCCCCCCC(=O)NC(COC1OC(CO)C(OC2OC(CO)C(O)C(O)C2O)C(O)C1O)C(O)/C=C/CC/C=C/CCCCCCCCCCCCCCCCCCCCCCCCCCC. The summed E-state index contributed by atoms with van der Waals surface area (Å²) >= 11 is 0. The molecule has 12 atom stereocenters. The van der Waals surface area contributed by atoms with E-state index in [0.29, 0.717) is 12.8 Å². The van der Waals surface area contributed by atoms with E-state index in [1.807, 2.05) is 6.08 Å².